The Bertz CT molecular complexity index is 498. The van der Waals surface area contributed by atoms with E-state index in [1.54, 1.807) is 0 Å². The molecule has 14 heavy (non-hydrogen) atoms. The Morgan fingerprint density at radius 3 is 2.43 bits per heavy atom. The van der Waals surface area contributed by atoms with Gasteiger partial charge in [0.25, 0.3) is 0 Å². The van der Waals surface area contributed by atoms with Crippen LogP contribution in [0.25, 0.3) is 11.3 Å². The Hall–Kier alpha value is -2.04. The van der Waals surface area contributed by atoms with Crippen LogP contribution in [0.5, 0.6) is 5.88 Å². The summed E-state index contributed by atoms with van der Waals surface area (Å²) in [5, 5.41) is 9.21. The number of H-pyrrole nitrogens is 1. The molecule has 1 aromatic carbocycles. The lowest BCUT2D eigenvalue weighted by Gasteiger charge is -1.95. The minimum atomic E-state index is -0.748. The van der Waals surface area contributed by atoms with E-state index in [9.17, 15) is 14.3 Å². The predicted octanol–water partition coefficient (Wildman–Crippen LogP) is 1.48. The molecule has 0 aliphatic rings. The molecule has 72 valence electrons. The first-order chi connectivity index (χ1) is 6.66. The summed E-state index contributed by atoms with van der Waals surface area (Å²) < 4.78 is 17.2. The number of oxazole rings is 1. The van der Waals surface area contributed by atoms with E-state index < -0.39 is 11.6 Å². The topological polar surface area (TPSA) is 66.2 Å². The average molecular weight is 195 g/mol. The summed E-state index contributed by atoms with van der Waals surface area (Å²) in [5.41, 5.74) is 0.433. The van der Waals surface area contributed by atoms with Crippen molar-refractivity contribution in [3.8, 4) is 17.2 Å². The van der Waals surface area contributed by atoms with E-state index in [4.69, 9.17) is 0 Å². The van der Waals surface area contributed by atoms with Gasteiger partial charge in [-0.3, -0.25) is 4.98 Å². The summed E-state index contributed by atoms with van der Waals surface area (Å²) in [6.45, 7) is 0. The largest absolute Gasteiger partial charge is 0.492 e. The molecule has 0 saturated carbocycles. The van der Waals surface area contributed by atoms with Gasteiger partial charge < -0.3 is 9.52 Å². The van der Waals surface area contributed by atoms with Gasteiger partial charge in [-0.15, -0.1) is 0 Å². The Balaban J connectivity index is 2.54. The van der Waals surface area contributed by atoms with Crippen LogP contribution in [0.15, 0.2) is 33.5 Å². The number of halogens is 1. The van der Waals surface area contributed by atoms with E-state index in [0.717, 1.165) is 0 Å². The third kappa shape index (κ3) is 1.39. The van der Waals surface area contributed by atoms with Crippen molar-refractivity contribution < 1.29 is 13.9 Å². The molecule has 0 spiro atoms. The highest BCUT2D eigenvalue weighted by Crippen LogP contribution is 2.25. The van der Waals surface area contributed by atoms with Gasteiger partial charge in [-0.05, 0) is 24.3 Å². The van der Waals surface area contributed by atoms with Crippen molar-refractivity contribution >= 4 is 0 Å². The standard InChI is InChI=1S/C9H6FNO3/c10-6-3-1-5(2-4-6)7-8(12)11-9(13)14-7/h1-4,12H,(H,11,13). The van der Waals surface area contributed by atoms with Crippen molar-refractivity contribution in [3.05, 3.63) is 40.6 Å². The first kappa shape index (κ1) is 8.55. The van der Waals surface area contributed by atoms with Crippen LogP contribution >= 0.6 is 0 Å². The van der Waals surface area contributed by atoms with Gasteiger partial charge in [-0.1, -0.05) is 0 Å². The second kappa shape index (κ2) is 3.02. The molecule has 2 aromatic rings. The van der Waals surface area contributed by atoms with E-state index >= 15 is 0 Å². The highest BCUT2D eigenvalue weighted by atomic mass is 19.1. The molecule has 2 rings (SSSR count). The van der Waals surface area contributed by atoms with Crippen LogP contribution in [0.3, 0.4) is 0 Å². The molecule has 1 aromatic heterocycles. The molecule has 4 nitrogen and oxygen atoms in total. The van der Waals surface area contributed by atoms with Crippen LogP contribution in [0.4, 0.5) is 4.39 Å². The fourth-order valence-electron chi connectivity index (χ4n) is 1.12. The van der Waals surface area contributed by atoms with Gasteiger partial charge in [-0.2, -0.15) is 0 Å². The molecule has 0 bridgehead atoms. The molecule has 0 unspecified atom stereocenters. The number of aromatic hydroxyl groups is 1. The summed E-state index contributed by atoms with van der Waals surface area (Å²) in [6.07, 6.45) is 0. The first-order valence-electron chi connectivity index (χ1n) is 3.85. The van der Waals surface area contributed by atoms with Gasteiger partial charge in [0.1, 0.15) is 5.82 Å². The van der Waals surface area contributed by atoms with Crippen LogP contribution in [0, 0.1) is 5.82 Å². The lowest BCUT2D eigenvalue weighted by atomic mass is 10.2. The molecule has 5 heteroatoms. The zero-order valence-electron chi connectivity index (χ0n) is 6.95. The summed E-state index contributed by atoms with van der Waals surface area (Å²) >= 11 is 0. The minimum Gasteiger partial charge on any atom is -0.492 e. The lowest BCUT2D eigenvalue weighted by molar-refractivity contribution is 0.452. The summed E-state index contributed by atoms with van der Waals surface area (Å²) in [7, 11) is 0. The molecule has 1 heterocycles. The van der Waals surface area contributed by atoms with Crippen LogP contribution in [-0.2, 0) is 0 Å². The van der Waals surface area contributed by atoms with Crippen molar-refractivity contribution in [1.29, 1.82) is 0 Å². The minimum absolute atomic E-state index is 0.00926. The Kier molecular flexibility index (Phi) is 1.85. The van der Waals surface area contributed by atoms with Gasteiger partial charge >= 0.3 is 5.76 Å². The van der Waals surface area contributed by atoms with Crippen LogP contribution in [0.2, 0.25) is 0 Å². The van der Waals surface area contributed by atoms with Crippen LogP contribution in [-0.4, -0.2) is 10.1 Å². The first-order valence-corrected chi connectivity index (χ1v) is 3.85. The molecule has 0 aliphatic heterocycles. The fourth-order valence-corrected chi connectivity index (χ4v) is 1.12. The van der Waals surface area contributed by atoms with E-state index in [1.165, 1.54) is 24.3 Å². The fraction of sp³-hybridized carbons (Fsp3) is 0. The Labute approximate surface area is 77.6 Å². The number of nitrogens with one attached hydrogen (secondary N) is 1. The summed E-state index contributed by atoms with van der Waals surface area (Å²) in [5.74, 6) is -1.50. The quantitative estimate of drug-likeness (QED) is 0.724. The van der Waals surface area contributed by atoms with Crippen molar-refractivity contribution in [2.24, 2.45) is 0 Å². The van der Waals surface area contributed by atoms with E-state index in [-0.39, 0.29) is 11.6 Å². The predicted molar refractivity (Wildman–Crippen MR) is 46.4 cm³/mol. The van der Waals surface area contributed by atoms with E-state index in [2.05, 4.69) is 9.40 Å². The van der Waals surface area contributed by atoms with Crippen molar-refractivity contribution in [3.63, 3.8) is 0 Å². The highest BCUT2D eigenvalue weighted by molar-refractivity contribution is 5.61. The second-order valence-corrected chi connectivity index (χ2v) is 2.70. The monoisotopic (exact) mass is 195 g/mol. The van der Waals surface area contributed by atoms with Gasteiger partial charge in [-0.25, -0.2) is 9.18 Å². The molecule has 2 N–H and O–H groups in total. The zero-order chi connectivity index (χ0) is 10.1. The van der Waals surface area contributed by atoms with Crippen LogP contribution < -0.4 is 5.76 Å². The number of hydrogen-bond acceptors (Lipinski definition) is 3. The van der Waals surface area contributed by atoms with E-state index in [1.807, 2.05) is 0 Å². The molecule has 0 saturated heterocycles. The van der Waals surface area contributed by atoms with Crippen molar-refractivity contribution in [2.45, 2.75) is 0 Å². The zero-order valence-corrected chi connectivity index (χ0v) is 6.95. The molecular formula is C9H6FNO3. The van der Waals surface area contributed by atoms with Crippen molar-refractivity contribution in [1.82, 2.24) is 4.98 Å². The molecule has 0 fully saturated rings. The number of hydrogen-bond donors (Lipinski definition) is 2. The molecule has 0 atom stereocenters. The normalized spacial score (nSPS) is 10.4. The molecule has 0 aliphatic carbocycles. The van der Waals surface area contributed by atoms with Crippen LogP contribution in [0.1, 0.15) is 0 Å². The number of aromatic amines is 1. The summed E-state index contributed by atoms with van der Waals surface area (Å²) in [4.78, 5) is 12.8. The van der Waals surface area contributed by atoms with E-state index in [0.29, 0.717) is 5.56 Å². The Morgan fingerprint density at radius 2 is 1.93 bits per heavy atom. The maximum absolute atomic E-state index is 12.5. The third-order valence-corrected chi connectivity index (χ3v) is 1.74. The second-order valence-electron chi connectivity index (χ2n) is 2.70. The lowest BCUT2D eigenvalue weighted by Crippen LogP contribution is -1.92. The smallest absolute Gasteiger partial charge is 0.419 e. The molecule has 0 radical (unpaired) electrons. The maximum atomic E-state index is 12.5. The van der Waals surface area contributed by atoms with Gasteiger partial charge in [0.05, 0.1) is 0 Å². The highest BCUT2D eigenvalue weighted by Gasteiger charge is 2.10. The third-order valence-electron chi connectivity index (χ3n) is 1.74. The number of rotatable bonds is 1. The average Bonchev–Trinajstić information content (AvgIpc) is 2.47. The maximum Gasteiger partial charge on any atom is 0.419 e. The van der Waals surface area contributed by atoms with Gasteiger partial charge in [0, 0.05) is 5.56 Å². The van der Waals surface area contributed by atoms with Gasteiger partial charge in [0.2, 0.25) is 5.88 Å². The van der Waals surface area contributed by atoms with Gasteiger partial charge in [0.15, 0.2) is 5.76 Å². The molecular weight excluding hydrogens is 189 g/mol. The molecule has 0 amide bonds. The summed E-state index contributed by atoms with van der Waals surface area (Å²) in [6, 6.07) is 5.23. The Morgan fingerprint density at radius 1 is 1.29 bits per heavy atom. The SMILES string of the molecule is O=c1[nH]c(O)c(-c2ccc(F)cc2)o1. The number of aromatic nitrogens is 1. The van der Waals surface area contributed by atoms with Crippen molar-refractivity contribution in [2.75, 3.05) is 0 Å². The number of benzene rings is 1.